The van der Waals surface area contributed by atoms with Crippen molar-refractivity contribution in [2.45, 2.75) is 44.6 Å². The van der Waals surface area contributed by atoms with Crippen molar-refractivity contribution in [1.29, 1.82) is 0 Å². The Morgan fingerprint density at radius 2 is 2.20 bits per heavy atom. The Kier molecular flexibility index (Phi) is 5.65. The SMILES string of the molecule is NC1CCCC(C(=O)NCCCCO)C1. The van der Waals surface area contributed by atoms with Crippen LogP contribution in [0.2, 0.25) is 0 Å². The molecule has 1 amide bonds. The molecule has 0 heterocycles. The van der Waals surface area contributed by atoms with E-state index in [1.54, 1.807) is 0 Å². The molecule has 0 bridgehead atoms. The van der Waals surface area contributed by atoms with E-state index in [0.717, 1.165) is 38.5 Å². The summed E-state index contributed by atoms with van der Waals surface area (Å²) in [6, 6.07) is 0.201. The Labute approximate surface area is 91.2 Å². The van der Waals surface area contributed by atoms with Gasteiger partial charge in [-0.3, -0.25) is 4.79 Å². The molecule has 15 heavy (non-hydrogen) atoms. The first-order chi connectivity index (χ1) is 7.24. The van der Waals surface area contributed by atoms with Gasteiger partial charge in [0, 0.05) is 25.1 Å². The van der Waals surface area contributed by atoms with Gasteiger partial charge in [-0.1, -0.05) is 6.42 Å². The standard InChI is InChI=1S/C11H22N2O2/c12-10-5-3-4-9(8-10)11(15)13-6-1-2-7-14/h9-10,14H,1-8,12H2,(H,13,15). The van der Waals surface area contributed by atoms with E-state index in [-0.39, 0.29) is 24.5 Å². The van der Waals surface area contributed by atoms with E-state index in [1.165, 1.54) is 0 Å². The summed E-state index contributed by atoms with van der Waals surface area (Å²) in [5, 5.41) is 11.5. The van der Waals surface area contributed by atoms with Crippen LogP contribution in [0.15, 0.2) is 0 Å². The van der Waals surface area contributed by atoms with Crippen LogP contribution in [-0.4, -0.2) is 30.2 Å². The van der Waals surface area contributed by atoms with Gasteiger partial charge in [-0.2, -0.15) is 0 Å². The Morgan fingerprint density at radius 1 is 1.40 bits per heavy atom. The van der Waals surface area contributed by atoms with Gasteiger partial charge in [-0.05, 0) is 32.1 Å². The molecule has 2 atom stereocenters. The van der Waals surface area contributed by atoms with Crippen LogP contribution in [0.5, 0.6) is 0 Å². The van der Waals surface area contributed by atoms with Crippen LogP contribution in [0, 0.1) is 5.92 Å². The number of hydrogen-bond donors (Lipinski definition) is 3. The molecule has 0 saturated heterocycles. The molecule has 4 heteroatoms. The molecule has 2 unspecified atom stereocenters. The maximum absolute atomic E-state index is 11.7. The third-order valence-electron chi connectivity index (χ3n) is 2.97. The lowest BCUT2D eigenvalue weighted by molar-refractivity contribution is -0.126. The van der Waals surface area contributed by atoms with Gasteiger partial charge in [0.2, 0.25) is 5.91 Å². The van der Waals surface area contributed by atoms with Crippen molar-refractivity contribution in [3.05, 3.63) is 0 Å². The number of hydrogen-bond acceptors (Lipinski definition) is 3. The smallest absolute Gasteiger partial charge is 0.223 e. The molecule has 1 aliphatic carbocycles. The van der Waals surface area contributed by atoms with Gasteiger partial charge in [-0.15, -0.1) is 0 Å². The molecule has 0 spiro atoms. The first-order valence-corrected chi connectivity index (χ1v) is 5.88. The molecule has 0 radical (unpaired) electrons. The molecule has 4 nitrogen and oxygen atoms in total. The Balaban J connectivity index is 2.15. The fraction of sp³-hybridized carbons (Fsp3) is 0.909. The summed E-state index contributed by atoms with van der Waals surface area (Å²) in [6.45, 7) is 0.870. The maximum Gasteiger partial charge on any atom is 0.223 e. The molecule has 4 N–H and O–H groups in total. The van der Waals surface area contributed by atoms with Crippen LogP contribution < -0.4 is 11.1 Å². The molecule has 88 valence electrons. The lowest BCUT2D eigenvalue weighted by atomic mass is 9.85. The highest BCUT2D eigenvalue weighted by atomic mass is 16.2. The number of aliphatic hydroxyl groups is 1. The topological polar surface area (TPSA) is 75.4 Å². The second-order valence-corrected chi connectivity index (χ2v) is 4.35. The summed E-state index contributed by atoms with van der Waals surface area (Å²) >= 11 is 0. The normalized spacial score (nSPS) is 26.3. The van der Waals surface area contributed by atoms with E-state index < -0.39 is 0 Å². The lowest BCUT2D eigenvalue weighted by Gasteiger charge is -2.25. The zero-order valence-corrected chi connectivity index (χ0v) is 9.24. The molecular weight excluding hydrogens is 192 g/mol. The van der Waals surface area contributed by atoms with Gasteiger partial charge in [-0.25, -0.2) is 0 Å². The molecule has 1 saturated carbocycles. The van der Waals surface area contributed by atoms with Crippen LogP contribution in [0.3, 0.4) is 0 Å². The van der Waals surface area contributed by atoms with E-state index in [0.29, 0.717) is 6.54 Å². The van der Waals surface area contributed by atoms with E-state index in [9.17, 15) is 4.79 Å². The minimum absolute atomic E-state index is 0.114. The molecule has 0 aromatic heterocycles. The van der Waals surface area contributed by atoms with Crippen molar-refractivity contribution >= 4 is 5.91 Å². The van der Waals surface area contributed by atoms with Gasteiger partial charge in [0.05, 0.1) is 0 Å². The number of rotatable bonds is 5. The first-order valence-electron chi connectivity index (χ1n) is 5.88. The predicted octanol–water partition coefficient (Wildman–Crippen LogP) is 0.393. The van der Waals surface area contributed by atoms with Crippen LogP contribution in [-0.2, 0) is 4.79 Å². The summed E-state index contributed by atoms with van der Waals surface area (Å²) in [5.74, 6) is 0.256. The largest absolute Gasteiger partial charge is 0.396 e. The number of carbonyl (C=O) groups is 1. The summed E-state index contributed by atoms with van der Waals surface area (Å²) in [6.07, 6.45) is 5.51. The number of nitrogens with one attached hydrogen (secondary N) is 1. The Hall–Kier alpha value is -0.610. The second-order valence-electron chi connectivity index (χ2n) is 4.35. The predicted molar refractivity (Wildman–Crippen MR) is 59.3 cm³/mol. The molecular formula is C11H22N2O2. The summed E-state index contributed by atoms with van der Waals surface area (Å²) in [5.41, 5.74) is 5.83. The van der Waals surface area contributed by atoms with Gasteiger partial charge in [0.25, 0.3) is 0 Å². The van der Waals surface area contributed by atoms with Crippen molar-refractivity contribution in [3.8, 4) is 0 Å². The van der Waals surface area contributed by atoms with Gasteiger partial charge in [0.15, 0.2) is 0 Å². The first kappa shape index (κ1) is 12.5. The number of aliphatic hydroxyl groups excluding tert-OH is 1. The lowest BCUT2D eigenvalue weighted by Crippen LogP contribution is -2.38. The summed E-state index contributed by atoms with van der Waals surface area (Å²) in [7, 11) is 0. The molecule has 0 aromatic carbocycles. The number of unbranched alkanes of at least 4 members (excludes halogenated alkanes) is 1. The molecule has 1 fully saturated rings. The van der Waals surface area contributed by atoms with E-state index in [1.807, 2.05) is 0 Å². The molecule has 1 aliphatic rings. The van der Waals surface area contributed by atoms with Crippen LogP contribution in [0.25, 0.3) is 0 Å². The second kappa shape index (κ2) is 6.80. The molecule has 0 aromatic rings. The fourth-order valence-corrected chi connectivity index (χ4v) is 2.06. The average Bonchev–Trinajstić information content (AvgIpc) is 2.24. The fourth-order valence-electron chi connectivity index (χ4n) is 2.06. The third kappa shape index (κ3) is 4.62. The van der Waals surface area contributed by atoms with Crippen molar-refractivity contribution in [3.63, 3.8) is 0 Å². The molecule has 0 aliphatic heterocycles. The van der Waals surface area contributed by atoms with Crippen molar-refractivity contribution in [2.75, 3.05) is 13.2 Å². The van der Waals surface area contributed by atoms with Crippen molar-refractivity contribution in [2.24, 2.45) is 11.7 Å². The van der Waals surface area contributed by atoms with Crippen LogP contribution in [0.4, 0.5) is 0 Å². The Bertz CT molecular complexity index is 197. The van der Waals surface area contributed by atoms with E-state index in [4.69, 9.17) is 10.8 Å². The quantitative estimate of drug-likeness (QED) is 0.580. The van der Waals surface area contributed by atoms with E-state index >= 15 is 0 Å². The highest BCUT2D eigenvalue weighted by Gasteiger charge is 2.24. The van der Waals surface area contributed by atoms with Crippen LogP contribution in [0.1, 0.15) is 38.5 Å². The third-order valence-corrected chi connectivity index (χ3v) is 2.97. The Morgan fingerprint density at radius 3 is 2.87 bits per heavy atom. The average molecular weight is 214 g/mol. The zero-order chi connectivity index (χ0) is 11.1. The minimum atomic E-state index is 0.114. The summed E-state index contributed by atoms with van der Waals surface area (Å²) in [4.78, 5) is 11.7. The highest BCUT2D eigenvalue weighted by molar-refractivity contribution is 5.78. The number of amides is 1. The maximum atomic E-state index is 11.7. The number of nitrogens with two attached hydrogens (primary N) is 1. The van der Waals surface area contributed by atoms with E-state index in [2.05, 4.69) is 5.32 Å². The number of carbonyl (C=O) groups excluding carboxylic acids is 1. The zero-order valence-electron chi connectivity index (χ0n) is 9.24. The van der Waals surface area contributed by atoms with Gasteiger partial charge in [0.1, 0.15) is 0 Å². The molecule has 1 rings (SSSR count). The minimum Gasteiger partial charge on any atom is -0.396 e. The highest BCUT2D eigenvalue weighted by Crippen LogP contribution is 2.22. The summed E-state index contributed by atoms with van der Waals surface area (Å²) < 4.78 is 0. The van der Waals surface area contributed by atoms with Crippen molar-refractivity contribution in [1.82, 2.24) is 5.32 Å². The van der Waals surface area contributed by atoms with Gasteiger partial charge < -0.3 is 16.2 Å². The van der Waals surface area contributed by atoms with Crippen LogP contribution >= 0.6 is 0 Å². The van der Waals surface area contributed by atoms with Crippen molar-refractivity contribution < 1.29 is 9.90 Å². The van der Waals surface area contributed by atoms with Gasteiger partial charge >= 0.3 is 0 Å². The monoisotopic (exact) mass is 214 g/mol.